The zero-order valence-electron chi connectivity index (χ0n) is 27.6. The summed E-state index contributed by atoms with van der Waals surface area (Å²) in [6.45, 7) is 2.76. The first kappa shape index (κ1) is 48.5. The van der Waals surface area contributed by atoms with Crippen molar-refractivity contribution in [3.05, 3.63) is 0 Å². The van der Waals surface area contributed by atoms with Crippen molar-refractivity contribution in [1.82, 2.24) is 0 Å². The van der Waals surface area contributed by atoms with Gasteiger partial charge in [-0.15, -0.1) is 0 Å². The zero-order chi connectivity index (χ0) is 30.6. The second kappa shape index (κ2) is 34.4. The number of phosphoric ester groups is 1. The fourth-order valence-electron chi connectivity index (χ4n) is 4.37. The quantitative estimate of drug-likeness (QED) is 0.0486. The summed E-state index contributed by atoms with van der Waals surface area (Å²) in [6, 6.07) is 0. The maximum atomic E-state index is 12.2. The van der Waals surface area contributed by atoms with E-state index in [-0.39, 0.29) is 83.7 Å². The van der Waals surface area contributed by atoms with Crippen LogP contribution in [0.2, 0.25) is 0 Å². The van der Waals surface area contributed by atoms with E-state index in [0.29, 0.717) is 12.8 Å². The maximum absolute atomic E-state index is 12.2. The van der Waals surface area contributed by atoms with E-state index in [0.717, 1.165) is 57.1 Å². The van der Waals surface area contributed by atoms with Crippen LogP contribution in [0.15, 0.2) is 0 Å². The molecule has 0 unspecified atom stereocenters. The molecule has 0 fully saturated rings. The number of ether oxygens (including phenoxy) is 2. The average Bonchev–Trinajstić information content (AvgIpc) is 2.91. The Balaban J connectivity index is -0.00000800. The minimum atomic E-state index is -5.25. The molecule has 242 valence electrons. The van der Waals surface area contributed by atoms with Gasteiger partial charge in [-0.25, -0.2) is 0 Å². The van der Waals surface area contributed by atoms with Crippen LogP contribution in [0.25, 0.3) is 0 Å². The average molecular weight is 669 g/mol. The topological polar surface area (TPSA) is 142 Å². The summed E-state index contributed by atoms with van der Waals surface area (Å²) >= 11 is 1.34. The Morgan fingerprint density at radius 1 is 0.651 bits per heavy atom. The minimum Gasteiger partial charge on any atom is -0.790 e. The molecule has 9 nitrogen and oxygen atoms in total. The van der Waals surface area contributed by atoms with Crippen LogP contribution in [-0.2, 0) is 32.9 Å². The summed E-state index contributed by atoms with van der Waals surface area (Å²) in [5.41, 5.74) is 0. The van der Waals surface area contributed by atoms with Crippen molar-refractivity contribution in [2.75, 3.05) is 19.0 Å². The SMILES string of the molecule is CCCCCCCCCCCCCCCC(=O)O[C@H](COC(=O)CCCCCCCCSC(C)=O)COP(=O)([O-])[O-].[Na+].[Na+]. The van der Waals surface area contributed by atoms with Crippen LogP contribution in [0, 0.1) is 0 Å². The van der Waals surface area contributed by atoms with Crippen molar-refractivity contribution < 1.29 is 102 Å². The molecular weight excluding hydrogens is 613 g/mol. The summed E-state index contributed by atoms with van der Waals surface area (Å²) < 4.78 is 25.5. The summed E-state index contributed by atoms with van der Waals surface area (Å²) in [5.74, 6) is -0.177. The second-order valence-electron chi connectivity index (χ2n) is 10.7. The van der Waals surface area contributed by atoms with E-state index in [1.54, 1.807) is 6.92 Å². The van der Waals surface area contributed by atoms with Gasteiger partial charge in [0.2, 0.25) is 0 Å². The summed E-state index contributed by atoms with van der Waals surface area (Å²) in [4.78, 5) is 56.9. The standard InChI is InChI=1S/C30H57O9PS.2Na/c1-3-4-5-6-7-8-9-10-11-12-13-17-20-23-30(33)39-28(26-38-40(34,35)36)25-37-29(32)22-19-16-14-15-18-21-24-41-27(2)31;;/h28H,3-26H2,1-2H3,(H2,34,35,36);;/q;2*+1/p-2/t28-;;/m1../s1. The van der Waals surface area contributed by atoms with Gasteiger partial charge in [0.1, 0.15) is 6.61 Å². The third-order valence-corrected chi connectivity index (χ3v) is 8.08. The van der Waals surface area contributed by atoms with E-state index in [4.69, 9.17) is 9.47 Å². The number of esters is 2. The van der Waals surface area contributed by atoms with E-state index in [9.17, 15) is 28.7 Å². The van der Waals surface area contributed by atoms with E-state index < -0.39 is 32.5 Å². The van der Waals surface area contributed by atoms with E-state index in [1.807, 2.05) is 0 Å². The number of carbonyl (C=O) groups excluding carboxylic acids is 3. The van der Waals surface area contributed by atoms with Crippen molar-refractivity contribution in [3.8, 4) is 0 Å². The van der Waals surface area contributed by atoms with Crippen LogP contribution in [0.3, 0.4) is 0 Å². The van der Waals surface area contributed by atoms with Gasteiger partial charge in [0.15, 0.2) is 11.2 Å². The maximum Gasteiger partial charge on any atom is 1.00 e. The molecule has 0 spiro atoms. The molecule has 0 N–H and O–H groups in total. The van der Waals surface area contributed by atoms with Crippen LogP contribution >= 0.6 is 19.6 Å². The number of rotatable bonds is 29. The first-order valence-electron chi connectivity index (χ1n) is 15.8. The van der Waals surface area contributed by atoms with Gasteiger partial charge in [-0.3, -0.25) is 14.4 Å². The predicted octanol–water partition coefficient (Wildman–Crippen LogP) is 0.786. The molecular formula is C30H55Na2O9PS. The molecule has 0 aromatic carbocycles. The first-order chi connectivity index (χ1) is 19.6. The molecule has 0 heterocycles. The number of phosphoric acid groups is 1. The molecule has 0 aliphatic carbocycles. The van der Waals surface area contributed by atoms with Gasteiger partial charge in [0.25, 0.3) is 0 Å². The fraction of sp³-hybridized carbons (Fsp3) is 0.900. The Morgan fingerprint density at radius 3 is 1.51 bits per heavy atom. The van der Waals surface area contributed by atoms with Crippen molar-refractivity contribution in [2.24, 2.45) is 0 Å². The summed E-state index contributed by atoms with van der Waals surface area (Å²) in [5, 5.41) is 0.136. The Morgan fingerprint density at radius 2 is 1.07 bits per heavy atom. The summed E-state index contributed by atoms with van der Waals surface area (Å²) in [6.07, 6.45) is 20.2. The molecule has 0 saturated heterocycles. The van der Waals surface area contributed by atoms with Crippen LogP contribution in [0.5, 0.6) is 0 Å². The number of thioether (sulfide) groups is 1. The smallest absolute Gasteiger partial charge is 0.790 e. The van der Waals surface area contributed by atoms with Crippen LogP contribution < -0.4 is 68.9 Å². The molecule has 0 aliphatic rings. The monoisotopic (exact) mass is 668 g/mol. The van der Waals surface area contributed by atoms with Crippen molar-refractivity contribution in [2.45, 2.75) is 155 Å². The van der Waals surface area contributed by atoms with Crippen molar-refractivity contribution in [3.63, 3.8) is 0 Å². The van der Waals surface area contributed by atoms with Gasteiger partial charge in [-0.1, -0.05) is 121 Å². The molecule has 0 amide bonds. The van der Waals surface area contributed by atoms with Gasteiger partial charge in [0.05, 0.1) is 14.4 Å². The Hall–Kier alpha value is 1.07. The molecule has 0 rings (SSSR count). The molecule has 13 heteroatoms. The summed E-state index contributed by atoms with van der Waals surface area (Å²) in [7, 11) is -5.25. The van der Waals surface area contributed by atoms with Gasteiger partial charge in [0, 0.05) is 25.5 Å². The third kappa shape index (κ3) is 39.2. The Kier molecular flexibility index (Phi) is 38.8. The van der Waals surface area contributed by atoms with E-state index >= 15 is 0 Å². The van der Waals surface area contributed by atoms with Crippen LogP contribution in [0.4, 0.5) is 0 Å². The number of hydrogen-bond donors (Lipinski definition) is 0. The number of unbranched alkanes of at least 4 members (excludes halogenated alkanes) is 17. The van der Waals surface area contributed by atoms with Crippen molar-refractivity contribution >= 4 is 36.6 Å². The van der Waals surface area contributed by atoms with E-state index in [2.05, 4.69) is 11.4 Å². The molecule has 0 aromatic rings. The molecule has 1 atom stereocenters. The van der Waals surface area contributed by atoms with Gasteiger partial charge >= 0.3 is 71.1 Å². The number of hydrogen-bond acceptors (Lipinski definition) is 10. The van der Waals surface area contributed by atoms with Gasteiger partial charge in [-0.05, 0) is 19.3 Å². The molecule has 43 heavy (non-hydrogen) atoms. The zero-order valence-corrected chi connectivity index (χ0v) is 33.3. The first-order valence-corrected chi connectivity index (χ1v) is 18.2. The van der Waals surface area contributed by atoms with Gasteiger partial charge in [-0.2, -0.15) is 0 Å². The fourth-order valence-corrected chi connectivity index (χ4v) is 5.36. The molecule has 0 bridgehead atoms. The molecule has 0 radical (unpaired) electrons. The Labute approximate surface area is 309 Å². The minimum absolute atomic E-state index is 0. The van der Waals surface area contributed by atoms with Crippen LogP contribution in [0.1, 0.15) is 149 Å². The third-order valence-electron chi connectivity index (χ3n) is 6.71. The Bertz CT molecular complexity index is 726. The predicted molar refractivity (Wildman–Crippen MR) is 160 cm³/mol. The molecule has 0 saturated carbocycles. The molecule has 0 aliphatic heterocycles. The normalized spacial score (nSPS) is 11.7. The molecule has 0 aromatic heterocycles. The van der Waals surface area contributed by atoms with Gasteiger partial charge < -0.3 is 28.3 Å². The van der Waals surface area contributed by atoms with Crippen LogP contribution in [-0.4, -0.2) is 42.1 Å². The van der Waals surface area contributed by atoms with Crippen molar-refractivity contribution in [1.29, 1.82) is 0 Å². The van der Waals surface area contributed by atoms with E-state index in [1.165, 1.54) is 69.5 Å². The second-order valence-corrected chi connectivity index (χ2v) is 13.2. The number of carbonyl (C=O) groups is 3. The largest absolute Gasteiger partial charge is 1.00 e.